The van der Waals surface area contributed by atoms with Crippen molar-refractivity contribution in [3.8, 4) is 6.07 Å². The summed E-state index contributed by atoms with van der Waals surface area (Å²) in [5, 5.41) is 9.57. The van der Waals surface area contributed by atoms with Crippen LogP contribution < -0.4 is 0 Å². The molecule has 0 aliphatic heterocycles. The fraction of sp³-hybridized carbons (Fsp3) is 0.0769. The highest BCUT2D eigenvalue weighted by Gasteiger charge is 2.31. The minimum Gasteiger partial charge on any atom is -0.248 e. The van der Waals surface area contributed by atoms with Crippen LogP contribution in [0.25, 0.3) is 0 Å². The van der Waals surface area contributed by atoms with Crippen molar-refractivity contribution in [2.45, 2.75) is 16.1 Å². The highest BCUT2D eigenvalue weighted by atomic mass is 79.9. The minimum atomic E-state index is -4.45. The second-order valence-electron chi connectivity index (χ2n) is 3.74. The van der Waals surface area contributed by atoms with Gasteiger partial charge in [0.2, 0.25) is 0 Å². The maximum atomic E-state index is 12.6. The molecule has 0 fully saturated rings. The molecule has 0 amide bonds. The summed E-state index contributed by atoms with van der Waals surface area (Å²) in [6.45, 7) is 0. The molecule has 2 nitrogen and oxygen atoms in total. The normalized spacial score (nSPS) is 11.2. The van der Waals surface area contributed by atoms with Gasteiger partial charge in [0.1, 0.15) is 11.1 Å². The van der Waals surface area contributed by atoms with Crippen LogP contribution in [-0.4, -0.2) is 4.98 Å². The topological polar surface area (TPSA) is 36.7 Å². The maximum absolute atomic E-state index is 12.6. The van der Waals surface area contributed by atoms with Gasteiger partial charge >= 0.3 is 6.18 Å². The number of hydrogen-bond acceptors (Lipinski definition) is 3. The number of alkyl halides is 3. The van der Waals surface area contributed by atoms with Crippen molar-refractivity contribution in [2.24, 2.45) is 0 Å². The van der Waals surface area contributed by atoms with Crippen molar-refractivity contribution < 1.29 is 13.2 Å². The number of rotatable bonds is 2. The van der Waals surface area contributed by atoms with Crippen LogP contribution in [-0.2, 0) is 6.18 Å². The van der Waals surface area contributed by atoms with E-state index in [1.54, 1.807) is 24.4 Å². The lowest BCUT2D eigenvalue weighted by Crippen LogP contribution is -2.05. The number of halogens is 4. The largest absolute Gasteiger partial charge is 0.416 e. The van der Waals surface area contributed by atoms with E-state index >= 15 is 0 Å². The Labute approximate surface area is 125 Å². The average molecular weight is 359 g/mol. The summed E-state index contributed by atoms with van der Waals surface area (Å²) in [5.74, 6) is 0. The van der Waals surface area contributed by atoms with Gasteiger partial charge in [-0.05, 0) is 46.3 Å². The first-order valence-electron chi connectivity index (χ1n) is 5.31. The Hall–Kier alpha value is -1.52. The van der Waals surface area contributed by atoms with E-state index in [4.69, 9.17) is 5.26 Å². The SMILES string of the molecule is N#Cc1cc(C(F)(F)F)ccc1Sc1ccc(Br)cn1. The van der Waals surface area contributed by atoms with E-state index in [-0.39, 0.29) is 5.56 Å². The first-order valence-corrected chi connectivity index (χ1v) is 6.92. The maximum Gasteiger partial charge on any atom is 0.416 e. The summed E-state index contributed by atoms with van der Waals surface area (Å²) >= 11 is 4.39. The lowest BCUT2D eigenvalue weighted by molar-refractivity contribution is -0.137. The Balaban J connectivity index is 2.33. The van der Waals surface area contributed by atoms with E-state index < -0.39 is 11.7 Å². The molecule has 0 saturated carbocycles. The van der Waals surface area contributed by atoms with Gasteiger partial charge in [0.15, 0.2) is 0 Å². The van der Waals surface area contributed by atoms with Gasteiger partial charge in [0.05, 0.1) is 11.1 Å². The van der Waals surface area contributed by atoms with Gasteiger partial charge in [-0.15, -0.1) is 0 Å². The molecule has 0 unspecified atom stereocenters. The first-order chi connectivity index (χ1) is 9.40. The van der Waals surface area contributed by atoms with Crippen LogP contribution >= 0.6 is 27.7 Å². The lowest BCUT2D eigenvalue weighted by Gasteiger charge is -2.09. The first kappa shape index (κ1) is 14.9. The highest BCUT2D eigenvalue weighted by Crippen LogP contribution is 2.35. The molecular formula is C13H6BrF3N2S. The number of benzene rings is 1. The van der Waals surface area contributed by atoms with E-state index in [2.05, 4.69) is 20.9 Å². The van der Waals surface area contributed by atoms with Crippen LogP contribution in [0.3, 0.4) is 0 Å². The zero-order valence-corrected chi connectivity index (χ0v) is 12.2. The van der Waals surface area contributed by atoms with E-state index in [1.807, 2.05) is 0 Å². The standard InChI is InChI=1S/C13H6BrF3N2S/c14-10-2-4-12(19-7-10)20-11-3-1-9(13(15,16)17)5-8(11)6-18/h1-5,7H. The summed E-state index contributed by atoms with van der Waals surface area (Å²) in [5.41, 5.74) is -0.850. The van der Waals surface area contributed by atoms with Crippen LogP contribution in [0.4, 0.5) is 13.2 Å². The Bertz CT molecular complexity index is 663. The molecule has 0 saturated heterocycles. The van der Waals surface area contributed by atoms with E-state index in [1.165, 1.54) is 6.07 Å². The van der Waals surface area contributed by atoms with Gasteiger partial charge < -0.3 is 0 Å². The lowest BCUT2D eigenvalue weighted by atomic mass is 10.1. The van der Waals surface area contributed by atoms with Crippen LogP contribution in [0.1, 0.15) is 11.1 Å². The van der Waals surface area contributed by atoms with Crippen molar-refractivity contribution in [3.05, 3.63) is 52.1 Å². The fourth-order valence-corrected chi connectivity index (χ4v) is 2.47. The molecule has 0 atom stereocenters. The molecule has 0 aliphatic carbocycles. The molecule has 2 aromatic rings. The number of hydrogen-bond donors (Lipinski definition) is 0. The third-order valence-corrected chi connectivity index (χ3v) is 3.84. The van der Waals surface area contributed by atoms with Crippen LogP contribution in [0.5, 0.6) is 0 Å². The second-order valence-corrected chi connectivity index (χ2v) is 5.72. The fourth-order valence-electron chi connectivity index (χ4n) is 1.42. The molecule has 0 spiro atoms. The smallest absolute Gasteiger partial charge is 0.248 e. The molecule has 102 valence electrons. The highest BCUT2D eigenvalue weighted by molar-refractivity contribution is 9.10. The van der Waals surface area contributed by atoms with Crippen molar-refractivity contribution in [1.82, 2.24) is 4.98 Å². The van der Waals surface area contributed by atoms with E-state index in [9.17, 15) is 13.2 Å². The quantitative estimate of drug-likeness (QED) is 0.767. The van der Waals surface area contributed by atoms with Gasteiger partial charge in [0.25, 0.3) is 0 Å². The van der Waals surface area contributed by atoms with Gasteiger partial charge in [0, 0.05) is 15.6 Å². The molecule has 0 aliphatic rings. The summed E-state index contributed by atoms with van der Waals surface area (Å²) in [6, 6.07) is 8.36. The molecule has 1 aromatic carbocycles. The third kappa shape index (κ3) is 3.52. The monoisotopic (exact) mass is 358 g/mol. The van der Waals surface area contributed by atoms with Gasteiger partial charge in [-0.3, -0.25) is 0 Å². The Kier molecular flexibility index (Phi) is 4.35. The molecule has 1 heterocycles. The second kappa shape index (κ2) is 5.85. The Morgan fingerprint density at radius 3 is 2.50 bits per heavy atom. The predicted molar refractivity (Wildman–Crippen MR) is 72.2 cm³/mol. The summed E-state index contributed by atoms with van der Waals surface area (Å²) in [6.07, 6.45) is -2.87. The zero-order chi connectivity index (χ0) is 14.8. The number of pyridine rings is 1. The molecule has 0 bridgehead atoms. The van der Waals surface area contributed by atoms with Crippen molar-refractivity contribution in [3.63, 3.8) is 0 Å². The Morgan fingerprint density at radius 2 is 1.95 bits per heavy atom. The minimum absolute atomic E-state index is 0.0189. The predicted octanol–water partition coefficient (Wildman–Crippen LogP) is 4.89. The molecule has 0 radical (unpaired) electrons. The molecular weight excluding hydrogens is 353 g/mol. The molecule has 2 rings (SSSR count). The third-order valence-electron chi connectivity index (χ3n) is 2.34. The van der Waals surface area contributed by atoms with Crippen LogP contribution in [0.2, 0.25) is 0 Å². The van der Waals surface area contributed by atoms with E-state index in [0.717, 1.165) is 28.4 Å². The van der Waals surface area contributed by atoms with Crippen molar-refractivity contribution in [1.29, 1.82) is 5.26 Å². The zero-order valence-electron chi connectivity index (χ0n) is 9.78. The van der Waals surface area contributed by atoms with Gasteiger partial charge in [-0.1, -0.05) is 11.8 Å². The average Bonchev–Trinajstić information content (AvgIpc) is 2.40. The number of aromatic nitrogens is 1. The molecule has 20 heavy (non-hydrogen) atoms. The number of nitrogens with zero attached hydrogens (tertiary/aromatic N) is 2. The Morgan fingerprint density at radius 1 is 1.20 bits per heavy atom. The molecule has 7 heteroatoms. The number of nitriles is 1. The molecule has 1 aromatic heterocycles. The van der Waals surface area contributed by atoms with Crippen molar-refractivity contribution in [2.75, 3.05) is 0 Å². The summed E-state index contributed by atoms with van der Waals surface area (Å²) < 4.78 is 38.5. The van der Waals surface area contributed by atoms with Gasteiger partial charge in [-0.25, -0.2) is 4.98 Å². The molecule has 0 N–H and O–H groups in total. The van der Waals surface area contributed by atoms with E-state index in [0.29, 0.717) is 9.92 Å². The van der Waals surface area contributed by atoms with Crippen LogP contribution in [0, 0.1) is 11.3 Å². The van der Waals surface area contributed by atoms with Crippen LogP contribution in [0.15, 0.2) is 50.9 Å². The summed E-state index contributed by atoms with van der Waals surface area (Å²) in [4.78, 5) is 4.54. The van der Waals surface area contributed by atoms with Crippen molar-refractivity contribution >= 4 is 27.7 Å². The van der Waals surface area contributed by atoms with Gasteiger partial charge in [-0.2, -0.15) is 18.4 Å². The summed E-state index contributed by atoms with van der Waals surface area (Å²) in [7, 11) is 0.